The smallest absolute Gasteiger partial charge is 0.259 e. The van der Waals surface area contributed by atoms with Gasteiger partial charge >= 0.3 is 0 Å². The summed E-state index contributed by atoms with van der Waals surface area (Å²) < 4.78 is 11.0. The van der Waals surface area contributed by atoms with Gasteiger partial charge in [0.2, 0.25) is 0 Å². The predicted molar refractivity (Wildman–Crippen MR) is 116 cm³/mol. The minimum atomic E-state index is -0.213. The Bertz CT molecular complexity index is 1220. The molecular formula is C23H22ClN3O3. The van der Waals surface area contributed by atoms with E-state index in [1.54, 1.807) is 13.0 Å². The van der Waals surface area contributed by atoms with Crippen LogP contribution in [0.15, 0.2) is 45.3 Å². The molecule has 1 N–H and O–H groups in total. The van der Waals surface area contributed by atoms with Gasteiger partial charge < -0.3 is 14.3 Å². The molecule has 3 aromatic heterocycles. The molecule has 154 valence electrons. The molecule has 4 rings (SSSR count). The number of benzene rings is 1. The van der Waals surface area contributed by atoms with Crippen LogP contribution in [0.5, 0.6) is 0 Å². The Kier molecular flexibility index (Phi) is 5.35. The van der Waals surface area contributed by atoms with Crippen molar-refractivity contribution in [2.75, 3.05) is 0 Å². The Labute approximate surface area is 179 Å². The molecule has 1 aromatic carbocycles. The summed E-state index contributed by atoms with van der Waals surface area (Å²) in [6.07, 6.45) is 0.733. The zero-order chi connectivity index (χ0) is 21.4. The summed E-state index contributed by atoms with van der Waals surface area (Å²) in [7, 11) is 0. The van der Waals surface area contributed by atoms with Gasteiger partial charge in [-0.1, -0.05) is 35.8 Å². The topological polar surface area (TPSA) is 81.2 Å². The molecule has 0 fully saturated rings. The lowest BCUT2D eigenvalue weighted by molar-refractivity contribution is 0.0937. The SMILES string of the molecule is CCC(NC(=O)c1cc(-c2cc(C)oc2C)nc2onc(C)c12)c1ccc(Cl)cc1. The fourth-order valence-corrected chi connectivity index (χ4v) is 3.78. The number of aromatic nitrogens is 2. The second kappa shape index (κ2) is 7.95. The molecular weight excluding hydrogens is 402 g/mol. The first kappa shape index (κ1) is 20.2. The Morgan fingerprint density at radius 3 is 2.53 bits per heavy atom. The van der Waals surface area contributed by atoms with E-state index in [2.05, 4.69) is 15.5 Å². The summed E-state index contributed by atoms with van der Waals surface area (Å²) in [4.78, 5) is 17.9. The van der Waals surface area contributed by atoms with Crippen molar-refractivity contribution in [3.8, 4) is 11.3 Å². The number of hydrogen-bond donors (Lipinski definition) is 1. The number of carbonyl (C=O) groups is 1. The van der Waals surface area contributed by atoms with E-state index < -0.39 is 0 Å². The fraction of sp³-hybridized carbons (Fsp3) is 0.261. The lowest BCUT2D eigenvalue weighted by atomic mass is 10.0. The summed E-state index contributed by atoms with van der Waals surface area (Å²) in [5.41, 5.74) is 3.84. The van der Waals surface area contributed by atoms with Gasteiger partial charge in [0.1, 0.15) is 11.5 Å². The molecule has 0 bridgehead atoms. The number of pyridine rings is 1. The summed E-state index contributed by atoms with van der Waals surface area (Å²) in [5.74, 6) is 1.29. The zero-order valence-electron chi connectivity index (χ0n) is 17.2. The Hall–Kier alpha value is -3.12. The van der Waals surface area contributed by atoms with Crippen molar-refractivity contribution in [3.05, 3.63) is 69.8 Å². The number of amides is 1. The highest BCUT2D eigenvalue weighted by Crippen LogP contribution is 2.31. The third-order valence-electron chi connectivity index (χ3n) is 5.16. The van der Waals surface area contributed by atoms with E-state index in [4.69, 9.17) is 20.5 Å². The molecule has 1 atom stereocenters. The minimum Gasteiger partial charge on any atom is -0.466 e. The summed E-state index contributed by atoms with van der Waals surface area (Å²) in [5, 5.41) is 8.41. The number of nitrogens with one attached hydrogen (secondary N) is 1. The number of aryl methyl sites for hydroxylation is 3. The lowest BCUT2D eigenvalue weighted by Crippen LogP contribution is -2.28. The number of carbonyl (C=O) groups excluding carboxylic acids is 1. The summed E-state index contributed by atoms with van der Waals surface area (Å²) >= 11 is 6.00. The molecule has 4 aromatic rings. The van der Waals surface area contributed by atoms with Gasteiger partial charge in [-0.2, -0.15) is 0 Å². The van der Waals surface area contributed by atoms with E-state index in [9.17, 15) is 4.79 Å². The van der Waals surface area contributed by atoms with Crippen molar-refractivity contribution in [2.24, 2.45) is 0 Å². The molecule has 0 aliphatic rings. The van der Waals surface area contributed by atoms with Crippen LogP contribution in [0.3, 0.4) is 0 Å². The highest BCUT2D eigenvalue weighted by molar-refractivity contribution is 6.30. The zero-order valence-corrected chi connectivity index (χ0v) is 18.0. The van der Waals surface area contributed by atoms with Gasteiger partial charge in [-0.3, -0.25) is 4.79 Å². The van der Waals surface area contributed by atoms with E-state index in [-0.39, 0.29) is 11.9 Å². The van der Waals surface area contributed by atoms with Crippen LogP contribution >= 0.6 is 11.6 Å². The van der Waals surface area contributed by atoms with Gasteiger partial charge in [-0.25, -0.2) is 4.98 Å². The van der Waals surface area contributed by atoms with Gasteiger partial charge in [-0.05, 0) is 57.0 Å². The van der Waals surface area contributed by atoms with Crippen LogP contribution in [0, 0.1) is 20.8 Å². The highest BCUT2D eigenvalue weighted by atomic mass is 35.5. The maximum absolute atomic E-state index is 13.3. The van der Waals surface area contributed by atoms with E-state index in [1.165, 1.54) is 0 Å². The number of nitrogens with zero attached hydrogens (tertiary/aromatic N) is 2. The number of hydrogen-bond acceptors (Lipinski definition) is 5. The molecule has 30 heavy (non-hydrogen) atoms. The van der Waals surface area contributed by atoms with Crippen molar-refractivity contribution in [2.45, 2.75) is 40.2 Å². The van der Waals surface area contributed by atoms with Gasteiger partial charge in [-0.15, -0.1) is 0 Å². The minimum absolute atomic E-state index is 0.153. The van der Waals surface area contributed by atoms with Gasteiger partial charge in [0.25, 0.3) is 11.6 Å². The van der Waals surface area contributed by atoms with Crippen molar-refractivity contribution in [1.29, 1.82) is 0 Å². The van der Waals surface area contributed by atoms with Crippen molar-refractivity contribution in [3.63, 3.8) is 0 Å². The van der Waals surface area contributed by atoms with Crippen molar-refractivity contribution < 1.29 is 13.7 Å². The largest absolute Gasteiger partial charge is 0.466 e. The number of rotatable bonds is 5. The van der Waals surface area contributed by atoms with E-state index in [0.29, 0.717) is 33.1 Å². The molecule has 3 heterocycles. The highest BCUT2D eigenvalue weighted by Gasteiger charge is 2.23. The monoisotopic (exact) mass is 423 g/mol. The van der Waals surface area contributed by atoms with Crippen LogP contribution in [-0.4, -0.2) is 16.0 Å². The molecule has 0 spiro atoms. The van der Waals surface area contributed by atoms with E-state index in [1.807, 2.05) is 51.1 Å². The summed E-state index contributed by atoms with van der Waals surface area (Å²) in [6.45, 7) is 7.57. The number of fused-ring (bicyclic) bond motifs is 1. The molecule has 7 heteroatoms. The fourth-order valence-electron chi connectivity index (χ4n) is 3.65. The third-order valence-corrected chi connectivity index (χ3v) is 5.42. The molecule has 0 radical (unpaired) electrons. The lowest BCUT2D eigenvalue weighted by Gasteiger charge is -2.18. The summed E-state index contributed by atoms with van der Waals surface area (Å²) in [6, 6.07) is 11.0. The van der Waals surface area contributed by atoms with E-state index >= 15 is 0 Å². The predicted octanol–water partition coefficient (Wildman–Crippen LogP) is 5.94. The molecule has 0 aliphatic heterocycles. The molecule has 1 unspecified atom stereocenters. The Balaban J connectivity index is 1.76. The van der Waals surface area contributed by atoms with Crippen LogP contribution in [-0.2, 0) is 0 Å². The number of halogens is 1. The molecule has 1 amide bonds. The normalized spacial score (nSPS) is 12.3. The van der Waals surface area contributed by atoms with Crippen LogP contribution in [0.1, 0.15) is 52.5 Å². The van der Waals surface area contributed by atoms with Gasteiger partial charge in [0.05, 0.1) is 28.4 Å². The van der Waals surface area contributed by atoms with Crippen LogP contribution in [0.2, 0.25) is 5.02 Å². The second-order valence-electron chi connectivity index (χ2n) is 7.32. The molecule has 6 nitrogen and oxygen atoms in total. The van der Waals surface area contributed by atoms with Crippen molar-refractivity contribution in [1.82, 2.24) is 15.5 Å². The first-order chi connectivity index (χ1) is 14.4. The van der Waals surface area contributed by atoms with E-state index in [0.717, 1.165) is 29.1 Å². The first-order valence-corrected chi connectivity index (χ1v) is 10.2. The quantitative estimate of drug-likeness (QED) is 0.429. The van der Waals surface area contributed by atoms with Gasteiger partial charge in [0, 0.05) is 10.6 Å². The molecule has 0 saturated carbocycles. The molecule has 0 aliphatic carbocycles. The van der Waals surface area contributed by atoms with Crippen molar-refractivity contribution >= 4 is 28.6 Å². The van der Waals surface area contributed by atoms with Gasteiger partial charge in [0.15, 0.2) is 0 Å². The van der Waals surface area contributed by atoms with Crippen LogP contribution < -0.4 is 5.32 Å². The number of furan rings is 1. The van der Waals surface area contributed by atoms with Crippen LogP contribution in [0.4, 0.5) is 0 Å². The second-order valence-corrected chi connectivity index (χ2v) is 7.75. The first-order valence-electron chi connectivity index (χ1n) is 9.78. The average molecular weight is 424 g/mol. The third kappa shape index (κ3) is 3.71. The Morgan fingerprint density at radius 2 is 1.90 bits per heavy atom. The maximum Gasteiger partial charge on any atom is 0.259 e. The molecule has 0 saturated heterocycles. The maximum atomic E-state index is 13.3. The van der Waals surface area contributed by atoms with Crippen LogP contribution in [0.25, 0.3) is 22.4 Å². The standard InChI is InChI=1S/C23H22ClN3O3/c1-5-19(15-6-8-16(24)9-7-15)25-22(28)18-11-20(17-10-12(2)29-14(17)4)26-23-21(18)13(3)27-30-23/h6-11,19H,5H2,1-4H3,(H,25,28). The Morgan fingerprint density at radius 1 is 1.17 bits per heavy atom. The average Bonchev–Trinajstić information content (AvgIpc) is 3.27.